The van der Waals surface area contributed by atoms with E-state index in [2.05, 4.69) is 0 Å². The number of aliphatic carboxylic acids is 1. The van der Waals surface area contributed by atoms with E-state index in [0.29, 0.717) is 17.9 Å². The number of rotatable bonds is 4. The zero-order valence-corrected chi connectivity index (χ0v) is 11.3. The largest absolute Gasteiger partial charge is 0.497 e. The predicted molar refractivity (Wildman–Crippen MR) is 71.3 cm³/mol. The molecule has 0 heterocycles. The Balaban J connectivity index is 2.11. The number of allylic oxidation sites excluding steroid dienone is 6. The summed E-state index contributed by atoms with van der Waals surface area (Å²) in [6, 6.07) is 0. The quantitative estimate of drug-likeness (QED) is 0.859. The Kier molecular flexibility index (Phi) is 4.32. The normalized spacial score (nSPS) is 22.7. The lowest BCUT2D eigenvalue weighted by Crippen LogP contribution is -2.16. The maximum atomic E-state index is 10.9. The van der Waals surface area contributed by atoms with Gasteiger partial charge in [0.05, 0.1) is 13.0 Å². The van der Waals surface area contributed by atoms with Crippen molar-refractivity contribution < 1.29 is 19.4 Å². The summed E-state index contributed by atoms with van der Waals surface area (Å²) in [7, 11) is 1.52. The summed E-state index contributed by atoms with van der Waals surface area (Å²) in [6.07, 6.45) is 8.69. The second kappa shape index (κ2) is 5.97. The summed E-state index contributed by atoms with van der Waals surface area (Å²) >= 11 is 5.88. The lowest BCUT2D eigenvalue weighted by Gasteiger charge is -2.21. The van der Waals surface area contributed by atoms with Crippen molar-refractivity contribution in [3.63, 3.8) is 0 Å². The van der Waals surface area contributed by atoms with Crippen LogP contribution in [0.5, 0.6) is 0 Å². The number of carbonyl (C=O) groups is 1. The van der Waals surface area contributed by atoms with Crippen molar-refractivity contribution in [2.75, 3.05) is 7.11 Å². The highest BCUT2D eigenvalue weighted by molar-refractivity contribution is 6.29. The molecule has 1 atom stereocenters. The number of carboxylic acid groups (broad SMARTS) is 1. The highest BCUT2D eigenvalue weighted by atomic mass is 35.5. The first kappa shape index (κ1) is 13.7. The monoisotopic (exact) mass is 282 g/mol. The Morgan fingerprint density at radius 3 is 2.79 bits per heavy atom. The summed E-state index contributed by atoms with van der Waals surface area (Å²) in [4.78, 5) is 10.9. The highest BCUT2D eigenvalue weighted by Crippen LogP contribution is 2.29. The van der Waals surface area contributed by atoms with Crippen LogP contribution >= 0.6 is 11.6 Å². The van der Waals surface area contributed by atoms with E-state index in [4.69, 9.17) is 26.2 Å². The van der Waals surface area contributed by atoms with Gasteiger partial charge < -0.3 is 14.6 Å². The van der Waals surface area contributed by atoms with Gasteiger partial charge in [0.2, 0.25) is 0 Å². The molecule has 0 bridgehead atoms. The molecule has 0 aromatic heterocycles. The average Bonchev–Trinajstić information content (AvgIpc) is 2.41. The zero-order valence-electron chi connectivity index (χ0n) is 10.6. The summed E-state index contributed by atoms with van der Waals surface area (Å²) in [5, 5.41) is 9.79. The van der Waals surface area contributed by atoms with Gasteiger partial charge in [-0.25, -0.2) is 0 Å². The average molecular weight is 283 g/mol. The molecule has 4 nitrogen and oxygen atoms in total. The van der Waals surface area contributed by atoms with E-state index in [1.165, 1.54) is 7.11 Å². The number of hydrogen-bond donors (Lipinski definition) is 1. The molecule has 2 rings (SSSR count). The van der Waals surface area contributed by atoms with Crippen LogP contribution in [0.25, 0.3) is 0 Å². The summed E-state index contributed by atoms with van der Waals surface area (Å²) < 4.78 is 11.0. The third-order valence-corrected chi connectivity index (χ3v) is 3.34. The van der Waals surface area contributed by atoms with Crippen LogP contribution in [0, 0.1) is 5.92 Å². The minimum Gasteiger partial charge on any atom is -0.497 e. The summed E-state index contributed by atoms with van der Waals surface area (Å²) in [5.74, 6) is 0.495. The predicted octanol–water partition coefficient (Wildman–Crippen LogP) is 3.32. The fourth-order valence-corrected chi connectivity index (χ4v) is 2.09. The Morgan fingerprint density at radius 1 is 1.42 bits per heavy atom. The van der Waals surface area contributed by atoms with Gasteiger partial charge in [-0.1, -0.05) is 17.7 Å². The van der Waals surface area contributed by atoms with Gasteiger partial charge in [-0.05, 0) is 24.6 Å². The maximum absolute atomic E-state index is 10.9. The van der Waals surface area contributed by atoms with E-state index in [0.717, 1.165) is 23.6 Å². The molecule has 1 unspecified atom stereocenters. The molecule has 0 aromatic carbocycles. The minimum absolute atomic E-state index is 0.307. The molecule has 2 aliphatic carbocycles. The Hall–Kier alpha value is -1.68. The molecule has 0 saturated heterocycles. The second-order valence-electron chi connectivity index (χ2n) is 4.35. The van der Waals surface area contributed by atoms with E-state index < -0.39 is 11.9 Å². The lowest BCUT2D eigenvalue weighted by atomic mass is 9.98. The molecule has 1 N–H and O–H groups in total. The molecular formula is C14H15ClO4. The van der Waals surface area contributed by atoms with Crippen molar-refractivity contribution in [1.82, 2.24) is 0 Å². The van der Waals surface area contributed by atoms with Gasteiger partial charge in [-0.3, -0.25) is 4.79 Å². The molecular weight excluding hydrogens is 268 g/mol. The fraction of sp³-hybridized carbons (Fsp3) is 0.357. The van der Waals surface area contributed by atoms with Crippen LogP contribution in [-0.2, 0) is 14.3 Å². The molecule has 19 heavy (non-hydrogen) atoms. The summed E-state index contributed by atoms with van der Waals surface area (Å²) in [5.41, 5.74) is 0. The molecule has 0 aliphatic heterocycles. The topological polar surface area (TPSA) is 55.8 Å². The van der Waals surface area contributed by atoms with Crippen LogP contribution < -0.4 is 0 Å². The van der Waals surface area contributed by atoms with E-state index in [-0.39, 0.29) is 0 Å². The van der Waals surface area contributed by atoms with Crippen LogP contribution in [0.3, 0.4) is 0 Å². The van der Waals surface area contributed by atoms with Crippen molar-refractivity contribution in [2.24, 2.45) is 5.92 Å². The smallest absolute Gasteiger partial charge is 0.310 e. The van der Waals surface area contributed by atoms with Gasteiger partial charge in [0.15, 0.2) is 5.76 Å². The van der Waals surface area contributed by atoms with E-state index in [9.17, 15) is 4.79 Å². The number of carboxylic acids is 1. The summed E-state index contributed by atoms with van der Waals surface area (Å²) in [6.45, 7) is 0. The van der Waals surface area contributed by atoms with Crippen LogP contribution in [0.4, 0.5) is 0 Å². The minimum atomic E-state index is -0.864. The van der Waals surface area contributed by atoms with Gasteiger partial charge >= 0.3 is 5.97 Å². The third-order valence-electron chi connectivity index (χ3n) is 3.02. The molecule has 0 fully saturated rings. The number of hydrogen-bond acceptors (Lipinski definition) is 3. The third kappa shape index (κ3) is 3.41. The lowest BCUT2D eigenvalue weighted by molar-refractivity contribution is -0.140. The first-order chi connectivity index (χ1) is 9.10. The zero-order chi connectivity index (χ0) is 13.8. The van der Waals surface area contributed by atoms with Crippen LogP contribution in [0.1, 0.15) is 19.3 Å². The van der Waals surface area contributed by atoms with Crippen LogP contribution in [0.15, 0.2) is 46.6 Å². The first-order valence-corrected chi connectivity index (χ1v) is 6.39. The van der Waals surface area contributed by atoms with E-state index >= 15 is 0 Å². The maximum Gasteiger partial charge on any atom is 0.310 e. The molecule has 2 aliphatic rings. The second-order valence-corrected chi connectivity index (χ2v) is 4.83. The molecule has 0 saturated carbocycles. The Morgan fingerprint density at radius 2 is 2.21 bits per heavy atom. The molecule has 0 aromatic rings. The number of methoxy groups -OCH3 is 1. The molecule has 102 valence electrons. The standard InChI is InChI=1S/C14H15ClO4/c1-18-13-8-9(14(16)17)2-7-12(13)19-11-5-3-10(15)4-6-11/h2-3,5,7,9H,4,6,8H2,1H3,(H,16,17). The SMILES string of the molecule is COC1=C(OC2=CC=C(Cl)CC2)C=CC(C(=O)O)C1. The van der Waals surface area contributed by atoms with Gasteiger partial charge in [-0.15, -0.1) is 0 Å². The van der Waals surface area contributed by atoms with Crippen LogP contribution in [-0.4, -0.2) is 18.2 Å². The Labute approximate surface area is 116 Å². The van der Waals surface area contributed by atoms with E-state index in [1.54, 1.807) is 18.2 Å². The highest BCUT2D eigenvalue weighted by Gasteiger charge is 2.24. The van der Waals surface area contributed by atoms with Gasteiger partial charge in [-0.2, -0.15) is 0 Å². The van der Waals surface area contributed by atoms with Crippen LogP contribution in [0.2, 0.25) is 0 Å². The van der Waals surface area contributed by atoms with Crippen molar-refractivity contribution in [3.05, 3.63) is 46.6 Å². The molecule has 5 heteroatoms. The van der Waals surface area contributed by atoms with Gasteiger partial charge in [0.25, 0.3) is 0 Å². The van der Waals surface area contributed by atoms with Crippen molar-refractivity contribution in [2.45, 2.75) is 19.3 Å². The van der Waals surface area contributed by atoms with Gasteiger partial charge in [0, 0.05) is 17.9 Å². The Bertz CT molecular complexity index is 500. The first-order valence-electron chi connectivity index (χ1n) is 6.01. The van der Waals surface area contributed by atoms with Crippen molar-refractivity contribution >= 4 is 17.6 Å². The molecule has 0 radical (unpaired) electrons. The van der Waals surface area contributed by atoms with Crippen molar-refractivity contribution in [1.29, 1.82) is 0 Å². The number of ether oxygens (including phenoxy) is 2. The fourth-order valence-electron chi connectivity index (χ4n) is 1.93. The van der Waals surface area contributed by atoms with Gasteiger partial charge in [0.1, 0.15) is 11.5 Å². The van der Waals surface area contributed by atoms with E-state index in [1.807, 2.05) is 6.08 Å². The van der Waals surface area contributed by atoms with Crippen molar-refractivity contribution in [3.8, 4) is 0 Å². The number of halogens is 1. The molecule has 0 amide bonds. The molecule has 0 spiro atoms.